The van der Waals surface area contributed by atoms with Crippen LogP contribution in [0.4, 0.5) is 0 Å². The minimum Gasteiger partial charge on any atom is -0.0896 e. The van der Waals surface area contributed by atoms with Crippen molar-refractivity contribution < 1.29 is 0 Å². The summed E-state index contributed by atoms with van der Waals surface area (Å²) < 4.78 is 0. The van der Waals surface area contributed by atoms with Gasteiger partial charge in [0.1, 0.15) is 8.07 Å². The lowest BCUT2D eigenvalue weighted by Gasteiger charge is -2.38. The van der Waals surface area contributed by atoms with Gasteiger partial charge < -0.3 is 0 Å². The number of aryl methyl sites for hydroxylation is 1. The Morgan fingerprint density at radius 2 is 1.05 bits per heavy atom. The molecule has 2 aliphatic heterocycles. The third-order valence-corrected chi connectivity index (χ3v) is 16.0. The molecule has 0 unspecified atom stereocenters. The van der Waals surface area contributed by atoms with Gasteiger partial charge in [-0.3, -0.25) is 0 Å². The van der Waals surface area contributed by atoms with Crippen LogP contribution < -0.4 is 10.4 Å². The summed E-state index contributed by atoms with van der Waals surface area (Å²) in [5.41, 5.74) is 9.79. The van der Waals surface area contributed by atoms with Crippen LogP contribution in [0.5, 0.6) is 0 Å². The molecule has 2 heterocycles. The lowest BCUT2D eigenvalue weighted by Crippen LogP contribution is -2.54. The molecule has 42 heavy (non-hydrogen) atoms. The molecule has 0 N–H and O–H groups in total. The number of fused-ring (bicyclic) bond motifs is 4. The fraction of sp³-hybridized carbons (Fsp3) is 0.231. The standard InChI is InChI=1S/C39H38S2Si/c1-25-22-23-26(24-28(25)27-14-12-17-31-36(27)40-33-19-10-8-15-29(33)38(31,2)3)42(6,7)35-21-13-18-32-37(35)41-34-20-11-9-16-30(34)39(32,4)5/h8-24H,1-7H3. The van der Waals surface area contributed by atoms with E-state index in [9.17, 15) is 0 Å². The first-order valence-corrected chi connectivity index (χ1v) is 19.6. The third-order valence-electron chi connectivity index (χ3n) is 9.84. The maximum absolute atomic E-state index is 2.54. The van der Waals surface area contributed by atoms with Crippen LogP contribution in [0.15, 0.2) is 123 Å². The molecule has 0 aromatic heterocycles. The summed E-state index contributed by atoms with van der Waals surface area (Å²) in [6.07, 6.45) is 0. The first-order valence-electron chi connectivity index (χ1n) is 14.9. The highest BCUT2D eigenvalue weighted by Crippen LogP contribution is 2.52. The molecule has 210 valence electrons. The van der Waals surface area contributed by atoms with Crippen molar-refractivity contribution >= 4 is 42.0 Å². The Balaban J connectivity index is 1.36. The molecule has 0 radical (unpaired) electrons. The van der Waals surface area contributed by atoms with Gasteiger partial charge in [0.25, 0.3) is 0 Å². The van der Waals surface area contributed by atoms with Crippen LogP contribution in [0.3, 0.4) is 0 Å². The van der Waals surface area contributed by atoms with Crippen LogP contribution in [0.25, 0.3) is 11.1 Å². The summed E-state index contributed by atoms with van der Waals surface area (Å²) >= 11 is 3.92. The monoisotopic (exact) mass is 598 g/mol. The van der Waals surface area contributed by atoms with E-state index < -0.39 is 8.07 Å². The van der Waals surface area contributed by atoms with Crippen molar-refractivity contribution in [3.63, 3.8) is 0 Å². The normalized spacial score (nSPS) is 16.2. The Morgan fingerprint density at radius 3 is 1.69 bits per heavy atom. The number of hydrogen-bond acceptors (Lipinski definition) is 2. The second-order valence-corrected chi connectivity index (χ2v) is 19.9. The fourth-order valence-corrected chi connectivity index (χ4v) is 13.5. The molecule has 0 spiro atoms. The quantitative estimate of drug-likeness (QED) is 0.190. The van der Waals surface area contributed by atoms with Crippen molar-refractivity contribution in [1.29, 1.82) is 0 Å². The molecule has 0 fully saturated rings. The third kappa shape index (κ3) is 4.12. The molecule has 0 nitrogen and oxygen atoms in total. The molecular weight excluding hydrogens is 561 g/mol. The summed E-state index contributed by atoms with van der Waals surface area (Å²) in [6.45, 7) is 16.9. The van der Waals surface area contributed by atoms with E-state index in [2.05, 4.69) is 151 Å². The minimum absolute atomic E-state index is 0.0144. The van der Waals surface area contributed by atoms with E-state index in [4.69, 9.17) is 0 Å². The van der Waals surface area contributed by atoms with Gasteiger partial charge in [0.05, 0.1) is 0 Å². The summed E-state index contributed by atoms with van der Waals surface area (Å²) in [4.78, 5) is 5.66. The number of benzene rings is 5. The van der Waals surface area contributed by atoms with E-state index in [0.29, 0.717) is 0 Å². The number of hydrogen-bond donors (Lipinski definition) is 0. The van der Waals surface area contributed by atoms with E-state index in [-0.39, 0.29) is 10.8 Å². The average Bonchev–Trinajstić information content (AvgIpc) is 2.97. The van der Waals surface area contributed by atoms with Crippen molar-refractivity contribution in [3.05, 3.63) is 131 Å². The molecule has 3 heteroatoms. The first kappa shape index (κ1) is 27.8. The second kappa shape index (κ2) is 9.77. The fourth-order valence-electron chi connectivity index (χ4n) is 7.09. The molecule has 0 amide bonds. The highest BCUT2D eigenvalue weighted by molar-refractivity contribution is 8.00. The van der Waals surface area contributed by atoms with E-state index in [1.54, 1.807) is 5.19 Å². The van der Waals surface area contributed by atoms with Crippen molar-refractivity contribution in [3.8, 4) is 11.1 Å². The Kier molecular flexibility index (Phi) is 6.47. The summed E-state index contributed by atoms with van der Waals surface area (Å²) in [5, 5.41) is 3.04. The van der Waals surface area contributed by atoms with Gasteiger partial charge in [0.2, 0.25) is 0 Å². The molecule has 0 saturated carbocycles. The van der Waals surface area contributed by atoms with Crippen molar-refractivity contribution in [2.75, 3.05) is 0 Å². The zero-order valence-corrected chi connectivity index (χ0v) is 28.3. The Labute approximate surface area is 261 Å². The Hall–Kier alpha value is -2.98. The van der Waals surface area contributed by atoms with Gasteiger partial charge >= 0.3 is 0 Å². The van der Waals surface area contributed by atoms with Gasteiger partial charge in [0.15, 0.2) is 0 Å². The van der Waals surface area contributed by atoms with Crippen LogP contribution in [0.1, 0.15) is 55.5 Å². The molecule has 0 saturated heterocycles. The molecule has 2 aliphatic rings. The first-order chi connectivity index (χ1) is 20.0. The molecule has 7 rings (SSSR count). The Bertz CT molecular complexity index is 1880. The highest BCUT2D eigenvalue weighted by atomic mass is 32.2. The highest BCUT2D eigenvalue weighted by Gasteiger charge is 2.38. The van der Waals surface area contributed by atoms with Gasteiger partial charge in [-0.1, -0.05) is 160 Å². The van der Waals surface area contributed by atoms with Gasteiger partial charge in [0, 0.05) is 30.4 Å². The molecule has 0 atom stereocenters. The average molecular weight is 599 g/mol. The predicted octanol–water partition coefficient (Wildman–Crippen LogP) is 10.1. The van der Waals surface area contributed by atoms with Crippen molar-refractivity contribution in [2.24, 2.45) is 0 Å². The maximum Gasteiger partial charge on any atom is 0.113 e. The van der Waals surface area contributed by atoms with E-state index in [0.717, 1.165) is 0 Å². The van der Waals surface area contributed by atoms with Crippen LogP contribution in [-0.4, -0.2) is 8.07 Å². The molecule has 5 aromatic rings. The minimum atomic E-state index is -2.05. The van der Waals surface area contributed by atoms with Crippen LogP contribution >= 0.6 is 23.5 Å². The molecular formula is C39H38S2Si. The SMILES string of the molecule is Cc1ccc([Si](C)(C)c2cccc3c2Sc2ccccc2C3(C)C)cc1-c1cccc2c1Sc1ccccc1C2(C)C. The van der Waals surface area contributed by atoms with Gasteiger partial charge in [-0.25, -0.2) is 0 Å². The predicted molar refractivity (Wildman–Crippen MR) is 185 cm³/mol. The lowest BCUT2D eigenvalue weighted by atomic mass is 9.76. The van der Waals surface area contributed by atoms with Gasteiger partial charge in [-0.15, -0.1) is 0 Å². The van der Waals surface area contributed by atoms with Crippen molar-refractivity contribution in [2.45, 2.75) is 78.1 Å². The maximum atomic E-state index is 2.54. The van der Waals surface area contributed by atoms with E-state index >= 15 is 0 Å². The van der Waals surface area contributed by atoms with Crippen LogP contribution in [0.2, 0.25) is 13.1 Å². The summed E-state index contributed by atoms with van der Waals surface area (Å²) in [7, 11) is -2.05. The van der Waals surface area contributed by atoms with E-state index in [1.807, 2.05) is 23.5 Å². The Morgan fingerprint density at radius 1 is 0.524 bits per heavy atom. The topological polar surface area (TPSA) is 0 Å². The van der Waals surface area contributed by atoms with Crippen molar-refractivity contribution in [1.82, 2.24) is 0 Å². The molecule has 0 bridgehead atoms. The number of rotatable bonds is 3. The summed E-state index contributed by atoms with van der Waals surface area (Å²) in [6, 6.07) is 39.3. The largest absolute Gasteiger partial charge is 0.113 e. The zero-order valence-electron chi connectivity index (χ0n) is 25.6. The van der Waals surface area contributed by atoms with Crippen LogP contribution in [0, 0.1) is 6.92 Å². The molecule has 0 aliphatic carbocycles. The smallest absolute Gasteiger partial charge is 0.0896 e. The second-order valence-electron chi connectivity index (χ2n) is 13.5. The molecule has 5 aromatic carbocycles. The van der Waals surface area contributed by atoms with Gasteiger partial charge in [-0.05, 0) is 63.2 Å². The van der Waals surface area contributed by atoms with E-state index in [1.165, 1.54) is 63.7 Å². The zero-order chi connectivity index (χ0) is 29.4. The van der Waals surface area contributed by atoms with Gasteiger partial charge in [-0.2, -0.15) is 0 Å². The van der Waals surface area contributed by atoms with Crippen LogP contribution in [-0.2, 0) is 10.8 Å². The summed E-state index contributed by atoms with van der Waals surface area (Å²) in [5.74, 6) is 0. The lowest BCUT2D eigenvalue weighted by molar-refractivity contribution is 0.608.